The van der Waals surface area contributed by atoms with Crippen molar-refractivity contribution in [2.45, 2.75) is 39.2 Å². The summed E-state index contributed by atoms with van der Waals surface area (Å²) in [5, 5.41) is 0. The van der Waals surface area contributed by atoms with Crippen LogP contribution < -0.4 is 0 Å². The highest BCUT2D eigenvalue weighted by atomic mass is 32.2. The molecule has 0 aliphatic carbocycles. The minimum absolute atomic E-state index is 0.905. The molecule has 0 atom stereocenters. The summed E-state index contributed by atoms with van der Waals surface area (Å²) in [6.45, 7) is 9.19. The van der Waals surface area contributed by atoms with E-state index in [0.717, 1.165) is 6.04 Å². The number of hydrogen-bond acceptors (Lipinski definition) is 3. The maximum atomic E-state index is 2.74. The molecule has 3 heteroatoms. The summed E-state index contributed by atoms with van der Waals surface area (Å²) < 4.78 is 0. The zero-order chi connectivity index (χ0) is 11.8. The van der Waals surface area contributed by atoms with Gasteiger partial charge in [-0.05, 0) is 50.9 Å². The fraction of sp³-hybridized carbons (Fsp3) is 1.00. The third-order valence-electron chi connectivity index (χ3n) is 3.46. The van der Waals surface area contributed by atoms with Crippen LogP contribution in [0.1, 0.15) is 33.1 Å². The monoisotopic (exact) mass is 244 g/mol. The number of hydrogen-bond donors (Lipinski definition) is 0. The second-order valence-electron chi connectivity index (χ2n) is 4.54. The summed E-state index contributed by atoms with van der Waals surface area (Å²) in [7, 11) is 2.25. The van der Waals surface area contributed by atoms with Gasteiger partial charge < -0.3 is 4.90 Å². The van der Waals surface area contributed by atoms with Gasteiger partial charge in [0.05, 0.1) is 0 Å². The molecular weight excluding hydrogens is 216 g/mol. The van der Waals surface area contributed by atoms with E-state index in [1.54, 1.807) is 0 Å². The van der Waals surface area contributed by atoms with Crippen molar-refractivity contribution < 1.29 is 0 Å². The Labute approximate surface area is 106 Å². The highest BCUT2D eigenvalue weighted by molar-refractivity contribution is 7.99. The molecule has 0 N–H and O–H groups in total. The van der Waals surface area contributed by atoms with Crippen LogP contribution in [0.15, 0.2) is 0 Å². The van der Waals surface area contributed by atoms with Crippen molar-refractivity contribution in [3.63, 3.8) is 0 Å². The molecule has 2 heterocycles. The lowest BCUT2D eigenvalue weighted by atomic mass is 10.1. The van der Waals surface area contributed by atoms with Gasteiger partial charge in [0.1, 0.15) is 0 Å². The predicted molar refractivity (Wildman–Crippen MR) is 75.4 cm³/mol. The van der Waals surface area contributed by atoms with Gasteiger partial charge in [-0.2, -0.15) is 11.8 Å². The van der Waals surface area contributed by atoms with Crippen LogP contribution in [0.4, 0.5) is 0 Å². The molecule has 2 fully saturated rings. The van der Waals surface area contributed by atoms with Gasteiger partial charge >= 0.3 is 0 Å². The van der Waals surface area contributed by atoms with Crippen LogP contribution in [-0.4, -0.2) is 60.6 Å². The minimum atomic E-state index is 0.905. The van der Waals surface area contributed by atoms with E-state index in [0.29, 0.717) is 0 Å². The Kier molecular flexibility index (Phi) is 7.50. The molecular formula is C13H28N2S. The first-order valence-corrected chi connectivity index (χ1v) is 8.02. The first kappa shape index (κ1) is 14.3. The Morgan fingerprint density at radius 3 is 2.31 bits per heavy atom. The summed E-state index contributed by atoms with van der Waals surface area (Å²) in [6.07, 6.45) is 4.21. The van der Waals surface area contributed by atoms with Crippen molar-refractivity contribution >= 4 is 11.8 Å². The highest BCUT2D eigenvalue weighted by Gasteiger charge is 2.22. The van der Waals surface area contributed by atoms with E-state index in [4.69, 9.17) is 0 Å². The molecule has 96 valence electrons. The first-order valence-electron chi connectivity index (χ1n) is 6.86. The molecule has 0 amide bonds. The Morgan fingerprint density at radius 1 is 0.938 bits per heavy atom. The van der Waals surface area contributed by atoms with Crippen LogP contribution in [0.2, 0.25) is 0 Å². The molecule has 0 aromatic heterocycles. The maximum Gasteiger partial charge on any atom is 0.0112 e. The Morgan fingerprint density at radius 2 is 1.62 bits per heavy atom. The van der Waals surface area contributed by atoms with Crippen molar-refractivity contribution in [1.82, 2.24) is 9.80 Å². The summed E-state index contributed by atoms with van der Waals surface area (Å²) in [5.41, 5.74) is 0. The average Bonchev–Trinajstić information content (AvgIpc) is 2.58. The van der Waals surface area contributed by atoms with Crippen molar-refractivity contribution in [3.05, 3.63) is 0 Å². The van der Waals surface area contributed by atoms with Gasteiger partial charge in [0.2, 0.25) is 0 Å². The van der Waals surface area contributed by atoms with Crippen molar-refractivity contribution in [2.75, 3.05) is 44.7 Å². The fourth-order valence-corrected chi connectivity index (χ4v) is 3.56. The Bertz CT molecular complexity index is 169. The largest absolute Gasteiger partial charge is 0.305 e. The molecule has 0 radical (unpaired) electrons. The highest BCUT2D eigenvalue weighted by Crippen LogP contribution is 2.22. The van der Waals surface area contributed by atoms with Crippen LogP contribution >= 0.6 is 11.8 Å². The van der Waals surface area contributed by atoms with Crippen LogP contribution in [0.5, 0.6) is 0 Å². The zero-order valence-electron chi connectivity index (χ0n) is 11.2. The van der Waals surface area contributed by atoms with Crippen LogP contribution in [0.3, 0.4) is 0 Å². The van der Waals surface area contributed by atoms with E-state index >= 15 is 0 Å². The Hall–Kier alpha value is 0.270. The molecule has 2 saturated heterocycles. The van der Waals surface area contributed by atoms with Crippen molar-refractivity contribution in [2.24, 2.45) is 0 Å². The summed E-state index contributed by atoms with van der Waals surface area (Å²) in [6, 6.07) is 0.905. The van der Waals surface area contributed by atoms with Crippen LogP contribution in [0.25, 0.3) is 0 Å². The Balaban J connectivity index is 0.000000606. The lowest BCUT2D eigenvalue weighted by molar-refractivity contribution is 0.191. The number of nitrogens with zero attached hydrogens (tertiary/aromatic N) is 2. The van der Waals surface area contributed by atoms with E-state index in [1.165, 1.54) is 56.9 Å². The second-order valence-corrected chi connectivity index (χ2v) is 5.76. The van der Waals surface area contributed by atoms with Gasteiger partial charge in [-0.3, -0.25) is 4.90 Å². The number of likely N-dealkylation sites (N-methyl/N-ethyl adjacent to an activating group) is 1. The third kappa shape index (κ3) is 4.64. The molecule has 2 rings (SSSR count). The van der Waals surface area contributed by atoms with Gasteiger partial charge in [-0.1, -0.05) is 13.8 Å². The normalized spacial score (nSPS) is 25.7. The van der Waals surface area contributed by atoms with E-state index in [9.17, 15) is 0 Å². The molecule has 0 aromatic rings. The molecule has 0 aromatic carbocycles. The summed E-state index contributed by atoms with van der Waals surface area (Å²) in [4.78, 5) is 5.21. The quantitative estimate of drug-likeness (QED) is 0.700. The van der Waals surface area contributed by atoms with Crippen molar-refractivity contribution in [1.29, 1.82) is 0 Å². The molecule has 16 heavy (non-hydrogen) atoms. The second kappa shape index (κ2) is 8.37. The third-order valence-corrected chi connectivity index (χ3v) is 4.51. The zero-order valence-corrected chi connectivity index (χ0v) is 12.1. The standard InChI is InChI=1S/C11H22N2S.C2H6/c1-12-5-2-6-13(8-7-12)11-3-9-14-10-4-11;1-2/h11H,2-10H2,1H3;1-2H3. The topological polar surface area (TPSA) is 6.48 Å². The minimum Gasteiger partial charge on any atom is -0.305 e. The molecule has 0 spiro atoms. The van der Waals surface area contributed by atoms with E-state index in [-0.39, 0.29) is 0 Å². The van der Waals surface area contributed by atoms with E-state index < -0.39 is 0 Å². The number of rotatable bonds is 1. The van der Waals surface area contributed by atoms with Crippen LogP contribution in [-0.2, 0) is 0 Å². The maximum absolute atomic E-state index is 2.74. The molecule has 0 bridgehead atoms. The summed E-state index contributed by atoms with van der Waals surface area (Å²) in [5.74, 6) is 2.77. The lowest BCUT2D eigenvalue weighted by Gasteiger charge is -2.33. The molecule has 2 aliphatic heterocycles. The first-order chi connectivity index (χ1) is 7.86. The summed E-state index contributed by atoms with van der Waals surface area (Å²) >= 11 is 2.13. The smallest absolute Gasteiger partial charge is 0.0112 e. The average molecular weight is 244 g/mol. The van der Waals surface area contributed by atoms with Gasteiger partial charge in [0.25, 0.3) is 0 Å². The SMILES string of the molecule is CC.CN1CCCN(C2CCSCC2)CC1. The van der Waals surface area contributed by atoms with E-state index in [1.807, 2.05) is 13.8 Å². The van der Waals surface area contributed by atoms with Gasteiger partial charge in [-0.15, -0.1) is 0 Å². The lowest BCUT2D eigenvalue weighted by Crippen LogP contribution is -2.40. The molecule has 0 saturated carbocycles. The molecule has 2 aliphatic rings. The van der Waals surface area contributed by atoms with Gasteiger partial charge in [0.15, 0.2) is 0 Å². The van der Waals surface area contributed by atoms with Crippen molar-refractivity contribution in [3.8, 4) is 0 Å². The van der Waals surface area contributed by atoms with Crippen LogP contribution in [0, 0.1) is 0 Å². The molecule has 0 unspecified atom stereocenters. The van der Waals surface area contributed by atoms with E-state index in [2.05, 4.69) is 28.6 Å². The van der Waals surface area contributed by atoms with Gasteiger partial charge in [-0.25, -0.2) is 0 Å². The number of thioether (sulfide) groups is 1. The van der Waals surface area contributed by atoms with Gasteiger partial charge in [0, 0.05) is 19.1 Å². The predicted octanol–water partition coefficient (Wildman–Crippen LogP) is 2.55. The molecule has 2 nitrogen and oxygen atoms in total. The fourth-order valence-electron chi connectivity index (χ4n) is 2.48.